The molecule has 0 unspecified atom stereocenters. The second kappa shape index (κ2) is 5.52. The highest BCUT2D eigenvalue weighted by molar-refractivity contribution is 6.52. The van der Waals surface area contributed by atoms with Crippen molar-refractivity contribution in [2.75, 3.05) is 19.1 Å². The minimum Gasteiger partial charge on any atom is -0.623 e. The van der Waals surface area contributed by atoms with Gasteiger partial charge in [-0.05, 0) is 36.4 Å². The maximum atomic E-state index is 12.5. The molecule has 0 N–H and O–H groups in total. The van der Waals surface area contributed by atoms with E-state index in [4.69, 9.17) is 4.74 Å². The second-order valence-corrected chi connectivity index (χ2v) is 5.11. The summed E-state index contributed by atoms with van der Waals surface area (Å²) in [7, 11) is 3.27. The SMILES string of the molecule is COc1ccc(C/[N+]([O-])=C2\C(=O)N(C)c3ccccc32)cc1. The highest BCUT2D eigenvalue weighted by atomic mass is 16.5. The van der Waals surface area contributed by atoms with Gasteiger partial charge in [0.2, 0.25) is 0 Å². The van der Waals surface area contributed by atoms with Crippen LogP contribution in [0.3, 0.4) is 0 Å². The number of amides is 1. The Morgan fingerprint density at radius 2 is 1.82 bits per heavy atom. The van der Waals surface area contributed by atoms with Gasteiger partial charge in [-0.1, -0.05) is 12.1 Å². The molecule has 0 radical (unpaired) electrons. The Balaban J connectivity index is 1.96. The Morgan fingerprint density at radius 1 is 1.14 bits per heavy atom. The predicted molar refractivity (Wildman–Crippen MR) is 84.3 cm³/mol. The molecule has 0 saturated heterocycles. The van der Waals surface area contributed by atoms with Gasteiger partial charge in [0.25, 0.3) is 5.71 Å². The molecule has 22 heavy (non-hydrogen) atoms. The first-order chi connectivity index (χ1) is 10.6. The maximum Gasteiger partial charge on any atom is 0.324 e. The topological polar surface area (TPSA) is 55.6 Å². The summed E-state index contributed by atoms with van der Waals surface area (Å²) in [6.07, 6.45) is 0. The average Bonchev–Trinajstić information content (AvgIpc) is 2.80. The largest absolute Gasteiger partial charge is 0.623 e. The molecule has 2 aromatic carbocycles. The zero-order valence-corrected chi connectivity index (χ0v) is 12.4. The van der Waals surface area contributed by atoms with Gasteiger partial charge in [-0.15, -0.1) is 0 Å². The Morgan fingerprint density at radius 3 is 2.50 bits per heavy atom. The molecule has 1 aliphatic rings. The number of para-hydroxylation sites is 1. The summed E-state index contributed by atoms with van der Waals surface area (Å²) in [5.41, 5.74) is 2.45. The molecule has 5 heteroatoms. The average molecular weight is 296 g/mol. The van der Waals surface area contributed by atoms with Gasteiger partial charge in [-0.25, -0.2) is 0 Å². The Kier molecular flexibility index (Phi) is 3.55. The van der Waals surface area contributed by atoms with Crippen molar-refractivity contribution in [3.63, 3.8) is 0 Å². The van der Waals surface area contributed by atoms with E-state index in [-0.39, 0.29) is 18.2 Å². The molecule has 3 rings (SSSR count). The van der Waals surface area contributed by atoms with Crippen molar-refractivity contribution in [1.82, 2.24) is 0 Å². The van der Waals surface area contributed by atoms with Crippen LogP contribution in [0.1, 0.15) is 11.1 Å². The normalized spacial score (nSPS) is 15.7. The number of fused-ring (bicyclic) bond motifs is 1. The molecular weight excluding hydrogens is 280 g/mol. The molecule has 2 aromatic rings. The number of carbonyl (C=O) groups is 1. The van der Waals surface area contributed by atoms with E-state index >= 15 is 0 Å². The van der Waals surface area contributed by atoms with Crippen LogP contribution in [-0.2, 0) is 11.3 Å². The van der Waals surface area contributed by atoms with Crippen LogP contribution < -0.4 is 9.64 Å². The van der Waals surface area contributed by atoms with Gasteiger partial charge in [-0.2, -0.15) is 4.74 Å². The van der Waals surface area contributed by atoms with Crippen LogP contribution in [0, 0.1) is 5.21 Å². The van der Waals surface area contributed by atoms with Gasteiger partial charge in [0.05, 0.1) is 18.4 Å². The molecule has 1 heterocycles. The van der Waals surface area contributed by atoms with Gasteiger partial charge in [0.15, 0.2) is 6.54 Å². The van der Waals surface area contributed by atoms with E-state index in [0.29, 0.717) is 5.56 Å². The van der Waals surface area contributed by atoms with E-state index in [1.165, 1.54) is 4.90 Å². The van der Waals surface area contributed by atoms with Crippen molar-refractivity contribution in [3.8, 4) is 5.75 Å². The molecule has 1 aliphatic heterocycles. The molecule has 0 atom stereocenters. The zero-order chi connectivity index (χ0) is 15.7. The minimum absolute atomic E-state index is 0.118. The van der Waals surface area contributed by atoms with Crippen LogP contribution in [0.4, 0.5) is 5.69 Å². The highest BCUT2D eigenvalue weighted by Gasteiger charge is 2.37. The molecular formula is C17H16N2O3. The molecule has 0 spiro atoms. The molecule has 0 saturated carbocycles. The molecule has 0 aromatic heterocycles. The number of benzene rings is 2. The molecule has 112 valence electrons. The first-order valence-electron chi connectivity index (χ1n) is 6.94. The Hall–Kier alpha value is -2.82. The molecule has 0 fully saturated rings. The zero-order valence-electron chi connectivity index (χ0n) is 12.4. The van der Waals surface area contributed by atoms with Crippen LogP contribution in [-0.4, -0.2) is 30.5 Å². The number of rotatable bonds is 3. The van der Waals surface area contributed by atoms with Crippen molar-refractivity contribution in [2.45, 2.75) is 6.54 Å². The number of anilines is 1. The van der Waals surface area contributed by atoms with Gasteiger partial charge >= 0.3 is 5.91 Å². The van der Waals surface area contributed by atoms with Crippen LogP contribution >= 0.6 is 0 Å². The fourth-order valence-electron chi connectivity index (χ4n) is 2.57. The van der Waals surface area contributed by atoms with Crippen LogP contribution in [0.2, 0.25) is 0 Å². The first-order valence-corrected chi connectivity index (χ1v) is 6.94. The number of hydroxylamine groups is 1. The third-order valence-electron chi connectivity index (χ3n) is 3.76. The number of nitrogens with zero attached hydrogens (tertiary/aromatic N) is 2. The number of hydrogen-bond acceptors (Lipinski definition) is 3. The van der Waals surface area contributed by atoms with Crippen LogP contribution in [0.15, 0.2) is 48.5 Å². The molecule has 0 aliphatic carbocycles. The lowest BCUT2D eigenvalue weighted by atomic mass is 10.1. The van der Waals surface area contributed by atoms with Gasteiger partial charge in [0.1, 0.15) is 5.75 Å². The smallest absolute Gasteiger partial charge is 0.324 e. The third kappa shape index (κ3) is 2.30. The van der Waals surface area contributed by atoms with E-state index in [9.17, 15) is 10.0 Å². The number of hydrogen-bond donors (Lipinski definition) is 0. The summed E-state index contributed by atoms with van der Waals surface area (Å²) >= 11 is 0. The summed E-state index contributed by atoms with van der Waals surface area (Å²) in [4.78, 5) is 13.8. The Labute approximate surface area is 128 Å². The van der Waals surface area contributed by atoms with E-state index in [2.05, 4.69) is 0 Å². The minimum atomic E-state index is -0.273. The lowest BCUT2D eigenvalue weighted by Gasteiger charge is -2.08. The van der Waals surface area contributed by atoms with Gasteiger partial charge in [-0.3, -0.25) is 4.79 Å². The molecule has 5 nitrogen and oxygen atoms in total. The number of methoxy groups -OCH3 is 1. The summed E-state index contributed by atoms with van der Waals surface area (Å²) in [5.74, 6) is 0.459. The highest BCUT2D eigenvalue weighted by Crippen LogP contribution is 2.27. The van der Waals surface area contributed by atoms with E-state index in [1.807, 2.05) is 30.3 Å². The lowest BCUT2D eigenvalue weighted by molar-refractivity contribution is -0.473. The predicted octanol–water partition coefficient (Wildman–Crippen LogP) is 2.17. The summed E-state index contributed by atoms with van der Waals surface area (Å²) in [5, 5.41) is 12.5. The van der Waals surface area contributed by atoms with Gasteiger partial charge < -0.3 is 14.8 Å². The van der Waals surface area contributed by atoms with Crippen molar-refractivity contribution in [1.29, 1.82) is 0 Å². The van der Waals surface area contributed by atoms with Crippen molar-refractivity contribution in [3.05, 3.63) is 64.9 Å². The van der Waals surface area contributed by atoms with E-state index in [0.717, 1.165) is 21.7 Å². The van der Waals surface area contributed by atoms with Crippen LogP contribution in [0.5, 0.6) is 5.75 Å². The number of carbonyl (C=O) groups excluding carboxylic acids is 1. The summed E-state index contributed by atoms with van der Waals surface area (Å²) in [6.45, 7) is 0.118. The summed E-state index contributed by atoms with van der Waals surface area (Å²) in [6, 6.07) is 14.5. The molecule has 0 bridgehead atoms. The van der Waals surface area contributed by atoms with Crippen molar-refractivity contribution < 1.29 is 14.3 Å². The Bertz CT molecular complexity index is 751. The third-order valence-corrected chi connectivity index (χ3v) is 3.76. The monoisotopic (exact) mass is 296 g/mol. The van der Waals surface area contributed by atoms with Crippen molar-refractivity contribution >= 4 is 17.3 Å². The number of likely N-dealkylation sites (N-methyl/N-ethyl adjacent to an activating group) is 1. The first kappa shape index (κ1) is 14.1. The van der Waals surface area contributed by atoms with Gasteiger partial charge in [0, 0.05) is 12.6 Å². The van der Waals surface area contributed by atoms with E-state index < -0.39 is 0 Å². The van der Waals surface area contributed by atoms with Crippen LogP contribution in [0.25, 0.3) is 0 Å². The van der Waals surface area contributed by atoms with Crippen molar-refractivity contribution in [2.24, 2.45) is 0 Å². The fourth-order valence-corrected chi connectivity index (χ4v) is 2.57. The summed E-state index contributed by atoms with van der Waals surface area (Å²) < 4.78 is 5.85. The quantitative estimate of drug-likeness (QED) is 0.495. The second-order valence-electron chi connectivity index (χ2n) is 5.11. The molecule has 1 amide bonds. The van der Waals surface area contributed by atoms with E-state index in [1.54, 1.807) is 32.4 Å². The number of ether oxygens (including phenoxy) is 1. The fraction of sp³-hybridized carbons (Fsp3) is 0.176. The maximum absolute atomic E-state index is 12.5. The standard InChI is InChI=1S/C17H16N2O3/c1-18-15-6-4-3-5-14(15)16(17(18)20)19(21)11-12-7-9-13(22-2)10-8-12/h3-10H,11H2,1-2H3/b19-16+. The lowest BCUT2D eigenvalue weighted by Crippen LogP contribution is -2.30.